The van der Waals surface area contributed by atoms with E-state index in [0.29, 0.717) is 0 Å². The number of hydrogen-bond donors (Lipinski definition) is 0. The van der Waals surface area contributed by atoms with Crippen LogP contribution in [0.3, 0.4) is 0 Å². The van der Waals surface area contributed by atoms with E-state index in [9.17, 15) is 0 Å². The predicted octanol–water partition coefficient (Wildman–Crippen LogP) is 14.8. The molecule has 0 bridgehead atoms. The van der Waals surface area contributed by atoms with E-state index in [1.807, 2.05) is 0 Å². The van der Waals surface area contributed by atoms with Crippen LogP contribution in [0.25, 0.3) is 66.1 Å². The highest BCUT2D eigenvalue weighted by molar-refractivity contribution is 6.10. The van der Waals surface area contributed by atoms with E-state index in [1.165, 1.54) is 82.9 Å². The van der Waals surface area contributed by atoms with Crippen LogP contribution in [0.1, 0.15) is 25.0 Å². The van der Waals surface area contributed by atoms with E-state index in [2.05, 4.69) is 219 Å². The van der Waals surface area contributed by atoms with E-state index in [0.717, 1.165) is 11.4 Å². The zero-order valence-electron chi connectivity index (χ0n) is 30.5. The van der Waals surface area contributed by atoms with Gasteiger partial charge in [0, 0.05) is 27.7 Å². The van der Waals surface area contributed by atoms with E-state index in [4.69, 9.17) is 0 Å². The number of fused-ring (bicyclic) bond motifs is 5. The molecule has 0 aromatic heterocycles. The minimum atomic E-state index is -0.135. The first-order valence-corrected chi connectivity index (χ1v) is 18.8. The first-order valence-electron chi connectivity index (χ1n) is 18.8. The Balaban J connectivity index is 1.17. The Morgan fingerprint density at radius 1 is 0.352 bits per heavy atom. The summed E-state index contributed by atoms with van der Waals surface area (Å²) in [6, 6.07) is 73.4. The molecule has 0 saturated carbocycles. The summed E-state index contributed by atoms with van der Waals surface area (Å²) in [5, 5.41) is 4.99. The molecule has 0 radical (unpaired) electrons. The van der Waals surface area contributed by atoms with E-state index >= 15 is 0 Å². The van der Waals surface area contributed by atoms with Gasteiger partial charge in [0.05, 0.1) is 5.69 Å². The molecule has 0 unspecified atom stereocenters. The lowest BCUT2D eigenvalue weighted by Gasteiger charge is -2.31. The van der Waals surface area contributed by atoms with Gasteiger partial charge in [0.15, 0.2) is 0 Å². The van der Waals surface area contributed by atoms with Crippen molar-refractivity contribution in [1.82, 2.24) is 0 Å². The Morgan fingerprint density at radius 3 is 1.59 bits per heavy atom. The van der Waals surface area contributed by atoms with Gasteiger partial charge in [-0.05, 0) is 103 Å². The summed E-state index contributed by atoms with van der Waals surface area (Å²) < 4.78 is 0. The first-order chi connectivity index (χ1) is 26.5. The maximum Gasteiger partial charge on any atom is 0.0621 e. The van der Waals surface area contributed by atoms with Crippen LogP contribution in [0.2, 0.25) is 0 Å². The Kier molecular flexibility index (Phi) is 7.56. The molecule has 0 fully saturated rings. The third-order valence-electron chi connectivity index (χ3n) is 11.4. The summed E-state index contributed by atoms with van der Waals surface area (Å²) in [6.45, 7) is 4.74. The van der Waals surface area contributed by atoms with Gasteiger partial charge >= 0.3 is 0 Å². The average molecular weight is 690 g/mol. The van der Waals surface area contributed by atoms with Crippen LogP contribution in [-0.2, 0) is 5.41 Å². The zero-order chi connectivity index (χ0) is 36.2. The zero-order valence-corrected chi connectivity index (χ0v) is 30.5. The molecule has 1 aliphatic carbocycles. The molecule has 256 valence electrons. The molecule has 9 aromatic rings. The Hall–Kier alpha value is -6.70. The molecule has 10 rings (SSSR count). The van der Waals surface area contributed by atoms with Crippen molar-refractivity contribution < 1.29 is 0 Å². The number of hydrogen-bond acceptors (Lipinski definition) is 1. The molecule has 1 aliphatic rings. The number of benzene rings is 9. The lowest BCUT2D eigenvalue weighted by Crippen LogP contribution is -2.16. The maximum absolute atomic E-state index is 2.49. The van der Waals surface area contributed by atoms with Crippen molar-refractivity contribution in [3.63, 3.8) is 0 Å². The van der Waals surface area contributed by atoms with Crippen molar-refractivity contribution in [1.29, 1.82) is 0 Å². The van der Waals surface area contributed by atoms with Crippen molar-refractivity contribution in [2.24, 2.45) is 0 Å². The molecule has 1 heteroatoms. The van der Waals surface area contributed by atoms with Gasteiger partial charge in [-0.1, -0.05) is 178 Å². The predicted molar refractivity (Wildman–Crippen MR) is 230 cm³/mol. The number of nitrogens with zero attached hydrogens (tertiary/aromatic N) is 1. The van der Waals surface area contributed by atoms with Gasteiger partial charge in [-0.25, -0.2) is 0 Å². The van der Waals surface area contributed by atoms with Crippen LogP contribution in [-0.4, -0.2) is 0 Å². The van der Waals surface area contributed by atoms with Gasteiger partial charge in [0.1, 0.15) is 0 Å². The molecule has 0 atom stereocenters. The smallest absolute Gasteiger partial charge is 0.0621 e. The molecule has 0 N–H and O–H groups in total. The molecule has 1 nitrogen and oxygen atoms in total. The Bertz CT molecular complexity index is 2830. The summed E-state index contributed by atoms with van der Waals surface area (Å²) in [4.78, 5) is 2.49. The SMILES string of the molecule is CC1(C)c2ccccc2-c2c1cc1ccccc1c2N(c1ccc(-c2ccccc2)cc1)c1ccc(-c2ccccc2-c2ccc3ccccc3c2)cc1. The lowest BCUT2D eigenvalue weighted by atomic mass is 9.81. The van der Waals surface area contributed by atoms with Crippen LogP contribution >= 0.6 is 0 Å². The Morgan fingerprint density at radius 2 is 0.870 bits per heavy atom. The normalized spacial score (nSPS) is 12.8. The maximum atomic E-state index is 2.49. The molecule has 0 saturated heterocycles. The van der Waals surface area contributed by atoms with Crippen LogP contribution in [0, 0.1) is 0 Å². The fourth-order valence-corrected chi connectivity index (χ4v) is 8.69. The highest BCUT2D eigenvalue weighted by Gasteiger charge is 2.39. The molecule has 0 spiro atoms. The third kappa shape index (κ3) is 5.24. The van der Waals surface area contributed by atoms with Crippen LogP contribution in [0.4, 0.5) is 17.1 Å². The van der Waals surface area contributed by atoms with Gasteiger partial charge in [0.2, 0.25) is 0 Å². The van der Waals surface area contributed by atoms with Crippen LogP contribution in [0.15, 0.2) is 200 Å². The fourth-order valence-electron chi connectivity index (χ4n) is 8.69. The summed E-state index contributed by atoms with van der Waals surface area (Å²) >= 11 is 0. The second-order valence-electron chi connectivity index (χ2n) is 14.9. The second-order valence-corrected chi connectivity index (χ2v) is 14.9. The third-order valence-corrected chi connectivity index (χ3v) is 11.4. The van der Waals surface area contributed by atoms with Crippen molar-refractivity contribution in [3.8, 4) is 44.5 Å². The molecule has 0 amide bonds. The van der Waals surface area contributed by atoms with E-state index < -0.39 is 0 Å². The minimum Gasteiger partial charge on any atom is -0.309 e. The van der Waals surface area contributed by atoms with Crippen LogP contribution in [0.5, 0.6) is 0 Å². The largest absolute Gasteiger partial charge is 0.309 e. The Labute approximate surface area is 317 Å². The molecule has 9 aromatic carbocycles. The first kappa shape index (κ1) is 32.0. The lowest BCUT2D eigenvalue weighted by molar-refractivity contribution is 0.661. The highest BCUT2D eigenvalue weighted by atomic mass is 15.1. The molecular formula is C53H39N. The van der Waals surface area contributed by atoms with Gasteiger partial charge in [0.25, 0.3) is 0 Å². The standard InChI is InChI=1S/C53H39N/c1-53(2)49-23-13-12-22-48(49)51-50(53)35-41-18-8-9-21-47(41)52(51)54(43-30-26-38(27-31-43)36-14-4-3-5-15-36)44-32-28-39(29-33-44)45-19-10-11-20-46(45)42-25-24-37-16-6-7-17-40(37)34-42/h3-35H,1-2H3. The van der Waals surface area contributed by atoms with Crippen LogP contribution < -0.4 is 4.90 Å². The molecule has 54 heavy (non-hydrogen) atoms. The monoisotopic (exact) mass is 689 g/mol. The van der Waals surface area contributed by atoms with Gasteiger partial charge in [-0.15, -0.1) is 0 Å². The number of rotatable bonds is 6. The summed E-state index contributed by atoms with van der Waals surface area (Å²) in [5.41, 5.74) is 16.0. The van der Waals surface area contributed by atoms with Crippen molar-refractivity contribution in [2.75, 3.05) is 4.90 Å². The summed E-state index contributed by atoms with van der Waals surface area (Å²) in [7, 11) is 0. The quantitative estimate of drug-likeness (QED) is 0.168. The highest BCUT2D eigenvalue weighted by Crippen LogP contribution is 2.56. The number of anilines is 3. The molecular weight excluding hydrogens is 651 g/mol. The van der Waals surface area contributed by atoms with Gasteiger partial charge in [-0.2, -0.15) is 0 Å². The van der Waals surface area contributed by atoms with Gasteiger partial charge in [-0.3, -0.25) is 0 Å². The van der Waals surface area contributed by atoms with Crippen molar-refractivity contribution in [3.05, 3.63) is 211 Å². The summed E-state index contributed by atoms with van der Waals surface area (Å²) in [5.74, 6) is 0. The van der Waals surface area contributed by atoms with E-state index in [-0.39, 0.29) is 5.41 Å². The molecule has 0 aliphatic heterocycles. The second kappa shape index (κ2) is 12.8. The topological polar surface area (TPSA) is 3.24 Å². The average Bonchev–Trinajstić information content (AvgIpc) is 3.46. The minimum absolute atomic E-state index is 0.135. The molecule has 0 heterocycles. The fraction of sp³-hybridized carbons (Fsp3) is 0.0566. The van der Waals surface area contributed by atoms with Crippen molar-refractivity contribution >= 4 is 38.6 Å². The summed E-state index contributed by atoms with van der Waals surface area (Å²) in [6.07, 6.45) is 0. The van der Waals surface area contributed by atoms with Gasteiger partial charge < -0.3 is 4.90 Å². The van der Waals surface area contributed by atoms with E-state index in [1.54, 1.807) is 0 Å². The van der Waals surface area contributed by atoms with Crippen molar-refractivity contribution in [2.45, 2.75) is 19.3 Å².